The van der Waals surface area contributed by atoms with E-state index in [-0.39, 0.29) is 0 Å². The van der Waals surface area contributed by atoms with Crippen LogP contribution in [0.4, 0.5) is 5.95 Å². The summed E-state index contributed by atoms with van der Waals surface area (Å²) < 4.78 is 10.8. The van der Waals surface area contributed by atoms with Gasteiger partial charge in [0.05, 0.1) is 6.61 Å². The smallest absolute Gasteiger partial charge is 0.226 e. The van der Waals surface area contributed by atoms with Crippen molar-refractivity contribution in [1.29, 1.82) is 0 Å². The molecule has 0 saturated carbocycles. The Hall–Kier alpha value is -1.36. The standard InChI is InChI=1S/C14H23N3O2/c1-4-19-13-9-10(2)15-14(17-13)16-11(3)12-5-7-18-8-6-12/h9,11-12H,4-8H2,1-3H3,(H,15,16,17). The fraction of sp³-hybridized carbons (Fsp3) is 0.714. The molecule has 106 valence electrons. The van der Waals surface area contributed by atoms with Crippen LogP contribution in [0.5, 0.6) is 5.88 Å². The monoisotopic (exact) mass is 265 g/mol. The van der Waals surface area contributed by atoms with Gasteiger partial charge in [-0.05, 0) is 39.5 Å². The summed E-state index contributed by atoms with van der Waals surface area (Å²) in [7, 11) is 0. The lowest BCUT2D eigenvalue weighted by Crippen LogP contribution is -2.31. The molecule has 1 fully saturated rings. The topological polar surface area (TPSA) is 56.3 Å². The summed E-state index contributed by atoms with van der Waals surface area (Å²) in [4.78, 5) is 8.80. The van der Waals surface area contributed by atoms with E-state index in [2.05, 4.69) is 22.2 Å². The largest absolute Gasteiger partial charge is 0.478 e. The lowest BCUT2D eigenvalue weighted by atomic mass is 9.93. The van der Waals surface area contributed by atoms with Crippen molar-refractivity contribution in [2.24, 2.45) is 5.92 Å². The summed E-state index contributed by atoms with van der Waals surface area (Å²) in [6.07, 6.45) is 2.19. The number of nitrogens with one attached hydrogen (secondary N) is 1. The number of hydrogen-bond acceptors (Lipinski definition) is 5. The normalized spacial score (nSPS) is 18.1. The summed E-state index contributed by atoms with van der Waals surface area (Å²) in [5.74, 6) is 1.91. The highest BCUT2D eigenvalue weighted by molar-refractivity contribution is 5.31. The van der Waals surface area contributed by atoms with Gasteiger partial charge in [0.15, 0.2) is 0 Å². The highest BCUT2D eigenvalue weighted by atomic mass is 16.5. The molecule has 5 heteroatoms. The predicted octanol–water partition coefficient (Wildman–Crippen LogP) is 2.41. The van der Waals surface area contributed by atoms with Crippen LogP contribution >= 0.6 is 0 Å². The van der Waals surface area contributed by atoms with E-state index in [9.17, 15) is 0 Å². The molecule has 0 bridgehead atoms. The molecule has 1 atom stereocenters. The molecule has 1 N–H and O–H groups in total. The van der Waals surface area contributed by atoms with Crippen LogP contribution in [-0.2, 0) is 4.74 Å². The Balaban J connectivity index is 2.00. The molecule has 0 aliphatic carbocycles. The fourth-order valence-corrected chi connectivity index (χ4v) is 2.36. The Morgan fingerprint density at radius 2 is 2.16 bits per heavy atom. The molecule has 0 aromatic carbocycles. The van der Waals surface area contributed by atoms with Crippen LogP contribution in [0.2, 0.25) is 0 Å². The van der Waals surface area contributed by atoms with Gasteiger partial charge >= 0.3 is 0 Å². The van der Waals surface area contributed by atoms with Crippen LogP contribution in [0, 0.1) is 12.8 Å². The Morgan fingerprint density at radius 1 is 1.42 bits per heavy atom. The number of rotatable bonds is 5. The molecule has 1 saturated heterocycles. The third kappa shape index (κ3) is 4.06. The SMILES string of the molecule is CCOc1cc(C)nc(NC(C)C2CCOCC2)n1. The first-order chi connectivity index (χ1) is 9.19. The number of anilines is 1. The van der Waals surface area contributed by atoms with Crippen LogP contribution in [0.3, 0.4) is 0 Å². The van der Waals surface area contributed by atoms with Crippen LogP contribution in [0.1, 0.15) is 32.4 Å². The van der Waals surface area contributed by atoms with Gasteiger partial charge in [-0.25, -0.2) is 4.98 Å². The second kappa shape index (κ2) is 6.70. The van der Waals surface area contributed by atoms with Gasteiger partial charge in [-0.3, -0.25) is 0 Å². The molecule has 0 radical (unpaired) electrons. The van der Waals surface area contributed by atoms with Gasteiger partial charge in [-0.15, -0.1) is 0 Å². The van der Waals surface area contributed by atoms with Crippen molar-refractivity contribution in [2.75, 3.05) is 25.1 Å². The zero-order chi connectivity index (χ0) is 13.7. The Bertz CT molecular complexity index is 406. The second-order valence-electron chi connectivity index (χ2n) is 4.99. The lowest BCUT2D eigenvalue weighted by Gasteiger charge is -2.28. The minimum Gasteiger partial charge on any atom is -0.478 e. The van der Waals surface area contributed by atoms with E-state index in [0.29, 0.717) is 30.4 Å². The second-order valence-corrected chi connectivity index (χ2v) is 4.99. The number of nitrogens with zero attached hydrogens (tertiary/aromatic N) is 2. The highest BCUT2D eigenvalue weighted by Gasteiger charge is 2.21. The molecule has 1 aliphatic rings. The van der Waals surface area contributed by atoms with Gasteiger partial charge in [-0.1, -0.05) is 0 Å². The van der Waals surface area contributed by atoms with E-state index >= 15 is 0 Å². The molecular formula is C14H23N3O2. The van der Waals surface area contributed by atoms with Gasteiger partial charge < -0.3 is 14.8 Å². The summed E-state index contributed by atoms with van der Waals surface area (Å²) in [5.41, 5.74) is 0.917. The van der Waals surface area contributed by atoms with E-state index in [0.717, 1.165) is 31.7 Å². The molecule has 1 unspecified atom stereocenters. The Kier molecular flexibility index (Phi) is 4.96. The third-order valence-electron chi connectivity index (χ3n) is 3.45. The van der Waals surface area contributed by atoms with Crippen molar-refractivity contribution in [2.45, 2.75) is 39.7 Å². The van der Waals surface area contributed by atoms with Crippen LogP contribution in [0.25, 0.3) is 0 Å². The first-order valence-corrected chi connectivity index (χ1v) is 7.01. The lowest BCUT2D eigenvalue weighted by molar-refractivity contribution is 0.0621. The average molecular weight is 265 g/mol. The van der Waals surface area contributed by atoms with Gasteiger partial charge in [0.25, 0.3) is 0 Å². The summed E-state index contributed by atoms with van der Waals surface area (Å²) in [5, 5.41) is 3.39. The third-order valence-corrected chi connectivity index (χ3v) is 3.45. The molecule has 2 rings (SSSR count). The summed E-state index contributed by atoms with van der Waals surface area (Å²) in [6.45, 7) is 8.42. The maximum atomic E-state index is 5.44. The Morgan fingerprint density at radius 3 is 2.84 bits per heavy atom. The zero-order valence-corrected chi connectivity index (χ0v) is 12.0. The molecule has 5 nitrogen and oxygen atoms in total. The predicted molar refractivity (Wildman–Crippen MR) is 74.6 cm³/mol. The molecule has 1 aromatic heterocycles. The molecule has 2 heterocycles. The van der Waals surface area contributed by atoms with Gasteiger partial charge in [0.2, 0.25) is 11.8 Å². The van der Waals surface area contributed by atoms with Crippen molar-refractivity contribution in [3.05, 3.63) is 11.8 Å². The quantitative estimate of drug-likeness (QED) is 0.886. The summed E-state index contributed by atoms with van der Waals surface area (Å²) >= 11 is 0. The van der Waals surface area contributed by atoms with Crippen molar-refractivity contribution in [3.63, 3.8) is 0 Å². The molecule has 0 spiro atoms. The van der Waals surface area contributed by atoms with Gasteiger partial charge in [0, 0.05) is 31.0 Å². The average Bonchev–Trinajstić information content (AvgIpc) is 2.39. The zero-order valence-electron chi connectivity index (χ0n) is 12.0. The number of aryl methyl sites for hydroxylation is 1. The maximum Gasteiger partial charge on any atom is 0.226 e. The van der Waals surface area contributed by atoms with Crippen molar-refractivity contribution >= 4 is 5.95 Å². The fourth-order valence-electron chi connectivity index (χ4n) is 2.36. The molecule has 0 amide bonds. The first-order valence-electron chi connectivity index (χ1n) is 7.01. The Labute approximate surface area is 114 Å². The van der Waals surface area contributed by atoms with E-state index in [1.54, 1.807) is 0 Å². The van der Waals surface area contributed by atoms with E-state index in [1.807, 2.05) is 19.9 Å². The van der Waals surface area contributed by atoms with Crippen molar-refractivity contribution in [1.82, 2.24) is 9.97 Å². The number of hydrogen-bond donors (Lipinski definition) is 1. The minimum atomic E-state index is 0.347. The number of ether oxygens (including phenoxy) is 2. The molecule has 19 heavy (non-hydrogen) atoms. The van der Waals surface area contributed by atoms with E-state index in [1.165, 1.54) is 0 Å². The van der Waals surface area contributed by atoms with Crippen molar-refractivity contribution in [3.8, 4) is 5.88 Å². The van der Waals surface area contributed by atoms with Crippen LogP contribution in [-0.4, -0.2) is 35.8 Å². The van der Waals surface area contributed by atoms with Crippen LogP contribution < -0.4 is 10.1 Å². The molecule has 1 aromatic rings. The van der Waals surface area contributed by atoms with Crippen LogP contribution in [0.15, 0.2) is 6.07 Å². The maximum absolute atomic E-state index is 5.44. The van der Waals surface area contributed by atoms with Crippen molar-refractivity contribution < 1.29 is 9.47 Å². The van der Waals surface area contributed by atoms with Gasteiger partial charge in [0.1, 0.15) is 0 Å². The minimum absolute atomic E-state index is 0.347. The molecular weight excluding hydrogens is 242 g/mol. The summed E-state index contributed by atoms with van der Waals surface area (Å²) in [6, 6.07) is 2.20. The molecule has 1 aliphatic heterocycles. The van der Waals surface area contributed by atoms with E-state index in [4.69, 9.17) is 9.47 Å². The van der Waals surface area contributed by atoms with Gasteiger partial charge in [-0.2, -0.15) is 4.98 Å². The van der Waals surface area contributed by atoms with E-state index < -0.39 is 0 Å². The highest BCUT2D eigenvalue weighted by Crippen LogP contribution is 2.21. The first kappa shape index (κ1) is 14.1. The number of aromatic nitrogens is 2.